The van der Waals surface area contributed by atoms with Gasteiger partial charge in [0.25, 0.3) is 0 Å². The van der Waals surface area contributed by atoms with Crippen LogP contribution in [0.5, 0.6) is 0 Å². The van der Waals surface area contributed by atoms with Crippen LogP contribution in [-0.4, -0.2) is 12.7 Å². The van der Waals surface area contributed by atoms with Crippen LogP contribution >= 0.6 is 0 Å². The maximum atomic E-state index is 5.78. The molecule has 1 unspecified atom stereocenters. The average Bonchev–Trinajstić information content (AvgIpc) is 2.55. The summed E-state index contributed by atoms with van der Waals surface area (Å²) in [6, 6.07) is 0. The molecular weight excluding hydrogens is 268 g/mol. The maximum Gasteiger partial charge on any atom is 0.0572 e. The van der Waals surface area contributed by atoms with E-state index in [0.717, 1.165) is 19.4 Å². The lowest BCUT2D eigenvalue weighted by Crippen LogP contribution is -2.11. The lowest BCUT2D eigenvalue weighted by Gasteiger charge is -2.13. The van der Waals surface area contributed by atoms with Crippen molar-refractivity contribution < 1.29 is 4.74 Å². The predicted molar refractivity (Wildman–Crippen MR) is 100 cm³/mol. The molecule has 0 N–H and O–H groups in total. The SMILES string of the molecule is [CH2]CC(CC)OCCCCCCCCCCCCCCCC. The quantitative estimate of drug-likeness (QED) is 0.238. The summed E-state index contributed by atoms with van der Waals surface area (Å²) in [4.78, 5) is 0. The number of unbranched alkanes of at least 4 members (excludes halogenated alkanes) is 13. The summed E-state index contributed by atoms with van der Waals surface area (Å²) in [7, 11) is 0. The van der Waals surface area contributed by atoms with Crippen LogP contribution in [0.15, 0.2) is 0 Å². The Hall–Kier alpha value is -0.0400. The molecule has 0 amide bonds. The molecule has 0 rings (SSSR count). The van der Waals surface area contributed by atoms with E-state index in [1.807, 2.05) is 0 Å². The molecule has 133 valence electrons. The summed E-state index contributed by atoms with van der Waals surface area (Å²) in [5.41, 5.74) is 0. The summed E-state index contributed by atoms with van der Waals surface area (Å²) in [6.45, 7) is 9.33. The van der Waals surface area contributed by atoms with Crippen LogP contribution in [-0.2, 0) is 4.74 Å². The van der Waals surface area contributed by atoms with Gasteiger partial charge in [-0.3, -0.25) is 0 Å². The van der Waals surface area contributed by atoms with Gasteiger partial charge < -0.3 is 4.74 Å². The van der Waals surface area contributed by atoms with Crippen molar-refractivity contribution in [2.45, 2.75) is 123 Å². The minimum atomic E-state index is 0.391. The Morgan fingerprint density at radius 3 is 1.41 bits per heavy atom. The van der Waals surface area contributed by atoms with Crippen molar-refractivity contribution in [2.24, 2.45) is 0 Å². The standard InChI is InChI=1S/C21H43O/c1-4-7-8-9-10-11-12-13-14-15-16-17-18-19-20-22-21(5-2)6-3/h21H,2,4-20H2,1,3H3. The Bertz CT molecular complexity index is 186. The van der Waals surface area contributed by atoms with Crippen LogP contribution < -0.4 is 0 Å². The first-order valence-corrected chi connectivity index (χ1v) is 10.3. The molecule has 0 aromatic heterocycles. The fourth-order valence-corrected chi connectivity index (χ4v) is 2.95. The lowest BCUT2D eigenvalue weighted by atomic mass is 10.0. The first-order valence-electron chi connectivity index (χ1n) is 10.3. The summed E-state index contributed by atoms with van der Waals surface area (Å²) >= 11 is 0. The van der Waals surface area contributed by atoms with Gasteiger partial charge in [-0.15, -0.1) is 0 Å². The molecule has 0 bridgehead atoms. The first-order chi connectivity index (χ1) is 10.8. The molecule has 0 aliphatic rings. The van der Waals surface area contributed by atoms with E-state index in [1.165, 1.54) is 89.9 Å². The average molecular weight is 312 g/mol. The van der Waals surface area contributed by atoms with Gasteiger partial charge >= 0.3 is 0 Å². The van der Waals surface area contributed by atoms with Gasteiger partial charge in [0.2, 0.25) is 0 Å². The highest BCUT2D eigenvalue weighted by atomic mass is 16.5. The van der Waals surface area contributed by atoms with Crippen LogP contribution in [0.4, 0.5) is 0 Å². The number of rotatable bonds is 18. The molecule has 1 nitrogen and oxygen atoms in total. The van der Waals surface area contributed by atoms with E-state index in [4.69, 9.17) is 4.74 Å². The Balaban J connectivity index is 3.02. The van der Waals surface area contributed by atoms with Gasteiger partial charge in [-0.1, -0.05) is 104 Å². The van der Waals surface area contributed by atoms with E-state index in [0.29, 0.717) is 6.10 Å². The second-order valence-corrected chi connectivity index (χ2v) is 6.79. The van der Waals surface area contributed by atoms with Crippen LogP contribution in [0.2, 0.25) is 0 Å². The van der Waals surface area contributed by atoms with E-state index in [-0.39, 0.29) is 0 Å². The maximum absolute atomic E-state index is 5.78. The third-order valence-corrected chi connectivity index (χ3v) is 4.63. The number of hydrogen-bond donors (Lipinski definition) is 0. The monoisotopic (exact) mass is 311 g/mol. The first kappa shape index (κ1) is 22.0. The topological polar surface area (TPSA) is 9.23 Å². The molecule has 0 aromatic carbocycles. The second-order valence-electron chi connectivity index (χ2n) is 6.79. The van der Waals surface area contributed by atoms with Crippen molar-refractivity contribution in [1.82, 2.24) is 0 Å². The highest BCUT2D eigenvalue weighted by Crippen LogP contribution is 2.13. The third-order valence-electron chi connectivity index (χ3n) is 4.63. The third kappa shape index (κ3) is 16.3. The molecule has 1 atom stereocenters. The van der Waals surface area contributed by atoms with E-state index >= 15 is 0 Å². The van der Waals surface area contributed by atoms with Crippen molar-refractivity contribution in [3.05, 3.63) is 6.92 Å². The number of ether oxygens (including phenoxy) is 1. The zero-order chi connectivity index (χ0) is 16.3. The Morgan fingerprint density at radius 2 is 1.05 bits per heavy atom. The van der Waals surface area contributed by atoms with Gasteiger partial charge in [-0.05, 0) is 19.3 Å². The van der Waals surface area contributed by atoms with E-state index < -0.39 is 0 Å². The summed E-state index contributed by atoms with van der Waals surface area (Å²) in [6.07, 6.45) is 22.2. The molecule has 0 spiro atoms. The van der Waals surface area contributed by atoms with Crippen molar-refractivity contribution in [3.8, 4) is 0 Å². The molecule has 0 fully saturated rings. The van der Waals surface area contributed by atoms with Crippen LogP contribution in [0.25, 0.3) is 0 Å². The molecule has 0 aliphatic heterocycles. The molecule has 0 heterocycles. The van der Waals surface area contributed by atoms with Gasteiger partial charge in [-0.2, -0.15) is 0 Å². The minimum Gasteiger partial charge on any atom is -0.378 e. The zero-order valence-electron chi connectivity index (χ0n) is 15.7. The smallest absolute Gasteiger partial charge is 0.0572 e. The number of hydrogen-bond acceptors (Lipinski definition) is 1. The summed E-state index contributed by atoms with van der Waals surface area (Å²) < 4.78 is 5.78. The normalized spacial score (nSPS) is 11.5. The van der Waals surface area contributed by atoms with Crippen LogP contribution in [0, 0.1) is 6.92 Å². The minimum absolute atomic E-state index is 0.391. The molecule has 1 heteroatoms. The molecule has 0 saturated heterocycles. The fraction of sp³-hybridized carbons (Fsp3) is 0.952. The highest BCUT2D eigenvalue weighted by Gasteiger charge is 2.02. The van der Waals surface area contributed by atoms with Gasteiger partial charge in [0.15, 0.2) is 0 Å². The van der Waals surface area contributed by atoms with E-state index in [1.54, 1.807) is 0 Å². The second kappa shape index (κ2) is 19.0. The molecule has 0 saturated carbocycles. The van der Waals surface area contributed by atoms with Crippen molar-refractivity contribution >= 4 is 0 Å². The molecule has 0 aromatic rings. The Kier molecular flexibility index (Phi) is 19.0. The molecule has 22 heavy (non-hydrogen) atoms. The highest BCUT2D eigenvalue weighted by molar-refractivity contribution is 4.56. The van der Waals surface area contributed by atoms with Gasteiger partial charge in [-0.25, -0.2) is 0 Å². The molecule has 1 radical (unpaired) electrons. The summed E-state index contributed by atoms with van der Waals surface area (Å²) in [5.74, 6) is 0. The zero-order valence-corrected chi connectivity index (χ0v) is 15.7. The molecule has 0 aliphatic carbocycles. The van der Waals surface area contributed by atoms with Gasteiger partial charge in [0.05, 0.1) is 6.10 Å². The fourth-order valence-electron chi connectivity index (χ4n) is 2.95. The predicted octanol–water partition coefficient (Wildman–Crippen LogP) is 7.49. The van der Waals surface area contributed by atoms with Gasteiger partial charge in [0, 0.05) is 6.61 Å². The lowest BCUT2D eigenvalue weighted by molar-refractivity contribution is 0.0497. The Morgan fingerprint density at radius 1 is 0.636 bits per heavy atom. The molecular formula is C21H43O. The van der Waals surface area contributed by atoms with Crippen molar-refractivity contribution in [2.75, 3.05) is 6.61 Å². The Labute approximate surface area is 141 Å². The van der Waals surface area contributed by atoms with Crippen molar-refractivity contribution in [3.63, 3.8) is 0 Å². The van der Waals surface area contributed by atoms with E-state index in [9.17, 15) is 0 Å². The van der Waals surface area contributed by atoms with Crippen molar-refractivity contribution in [1.29, 1.82) is 0 Å². The summed E-state index contributed by atoms with van der Waals surface area (Å²) in [5, 5.41) is 0. The van der Waals surface area contributed by atoms with Gasteiger partial charge in [0.1, 0.15) is 0 Å². The van der Waals surface area contributed by atoms with Crippen LogP contribution in [0.1, 0.15) is 117 Å². The van der Waals surface area contributed by atoms with Crippen LogP contribution in [0.3, 0.4) is 0 Å². The van der Waals surface area contributed by atoms with E-state index in [2.05, 4.69) is 20.8 Å². The largest absolute Gasteiger partial charge is 0.378 e.